The number of amides is 2. The second-order valence-corrected chi connectivity index (χ2v) is 8.90. The van der Waals surface area contributed by atoms with Gasteiger partial charge < -0.3 is 10.6 Å². The van der Waals surface area contributed by atoms with Crippen LogP contribution in [0.25, 0.3) is 0 Å². The number of carbonyl (C=O) groups excluding carboxylic acids is 2. The average Bonchev–Trinajstić information content (AvgIpc) is 3.04. The third kappa shape index (κ3) is 5.07. The van der Waals surface area contributed by atoms with Crippen LogP contribution in [0.3, 0.4) is 0 Å². The third-order valence-corrected chi connectivity index (χ3v) is 5.90. The monoisotopic (exact) mass is 558 g/mol. The maximum absolute atomic E-state index is 13.9. The Balaban J connectivity index is 1.75. The molecule has 0 radical (unpaired) electrons. The molecular weight excluding hydrogens is 547 g/mol. The number of hydrogen-bond donors (Lipinski definition) is 2. The smallest absolute Gasteiger partial charge is 0.341 e. The first-order valence-electron chi connectivity index (χ1n) is 9.68. The molecular formula is C23H13BrClF5N2O2. The van der Waals surface area contributed by atoms with E-state index in [1.54, 1.807) is 0 Å². The number of fused-ring (bicyclic) bond motifs is 1. The van der Waals surface area contributed by atoms with Gasteiger partial charge in [0, 0.05) is 37.4 Å². The van der Waals surface area contributed by atoms with E-state index in [0.717, 1.165) is 24.3 Å². The van der Waals surface area contributed by atoms with Crippen LogP contribution in [-0.4, -0.2) is 18.0 Å². The summed E-state index contributed by atoms with van der Waals surface area (Å²) >= 11 is 9.46. The maximum atomic E-state index is 13.9. The summed E-state index contributed by atoms with van der Waals surface area (Å²) in [5.74, 6) is -3.00. The van der Waals surface area contributed by atoms with Crippen molar-refractivity contribution in [2.75, 3.05) is 5.32 Å². The summed E-state index contributed by atoms with van der Waals surface area (Å²) in [5, 5.41) is 5.37. The van der Waals surface area contributed by atoms with Gasteiger partial charge in [0.1, 0.15) is 11.6 Å². The van der Waals surface area contributed by atoms with Gasteiger partial charge in [0.25, 0.3) is 11.8 Å². The van der Waals surface area contributed by atoms with E-state index in [4.69, 9.17) is 11.6 Å². The van der Waals surface area contributed by atoms with Gasteiger partial charge in [-0.1, -0.05) is 27.5 Å². The number of rotatable bonds is 4. The molecule has 0 aromatic heterocycles. The van der Waals surface area contributed by atoms with Crippen molar-refractivity contribution < 1.29 is 31.5 Å². The van der Waals surface area contributed by atoms with Gasteiger partial charge in [0.2, 0.25) is 0 Å². The first-order valence-corrected chi connectivity index (χ1v) is 10.9. The van der Waals surface area contributed by atoms with E-state index in [9.17, 15) is 31.5 Å². The van der Waals surface area contributed by atoms with Crippen LogP contribution in [0, 0.1) is 11.6 Å². The van der Waals surface area contributed by atoms with Crippen LogP contribution in [0.15, 0.2) is 53.0 Å². The molecule has 34 heavy (non-hydrogen) atoms. The molecule has 1 unspecified atom stereocenters. The fraction of sp³-hybridized carbons (Fsp3) is 0.130. The summed E-state index contributed by atoms with van der Waals surface area (Å²) in [6.45, 7) is 0. The van der Waals surface area contributed by atoms with E-state index in [2.05, 4.69) is 26.6 Å². The van der Waals surface area contributed by atoms with Crippen LogP contribution in [0.1, 0.15) is 43.4 Å². The summed E-state index contributed by atoms with van der Waals surface area (Å²) in [5.41, 5.74) is 0.0430. The van der Waals surface area contributed by atoms with Gasteiger partial charge in [-0.3, -0.25) is 9.59 Å². The molecule has 0 saturated heterocycles. The highest BCUT2D eigenvalue weighted by atomic mass is 79.9. The predicted molar refractivity (Wildman–Crippen MR) is 119 cm³/mol. The van der Waals surface area contributed by atoms with Crippen molar-refractivity contribution in [2.24, 2.45) is 0 Å². The van der Waals surface area contributed by atoms with Gasteiger partial charge in [0.15, 0.2) is 0 Å². The number of alkyl halides is 3. The SMILES string of the molecule is O=C(Nc1cc(Br)cc2c1C(c1cc(F)ccc1Cl)NC2=O)c1cc(F)cc(CC(F)(F)F)c1. The zero-order valence-corrected chi connectivity index (χ0v) is 19.2. The second kappa shape index (κ2) is 8.99. The minimum absolute atomic E-state index is 0.111. The van der Waals surface area contributed by atoms with Gasteiger partial charge in [0.05, 0.1) is 12.5 Å². The van der Waals surface area contributed by atoms with Gasteiger partial charge in [-0.15, -0.1) is 0 Å². The van der Waals surface area contributed by atoms with Crippen molar-refractivity contribution in [3.05, 3.63) is 97.5 Å². The summed E-state index contributed by atoms with van der Waals surface area (Å²) < 4.78 is 66.5. The highest BCUT2D eigenvalue weighted by molar-refractivity contribution is 9.10. The highest BCUT2D eigenvalue weighted by Gasteiger charge is 2.35. The topological polar surface area (TPSA) is 58.2 Å². The molecule has 4 rings (SSSR count). The number of carbonyl (C=O) groups is 2. The molecule has 0 fully saturated rings. The molecule has 2 N–H and O–H groups in total. The van der Waals surface area contributed by atoms with Gasteiger partial charge in [-0.05, 0) is 54.1 Å². The van der Waals surface area contributed by atoms with Crippen molar-refractivity contribution in [3.63, 3.8) is 0 Å². The number of benzene rings is 3. The molecule has 176 valence electrons. The van der Waals surface area contributed by atoms with Crippen molar-refractivity contribution >= 4 is 45.0 Å². The fourth-order valence-electron chi connectivity index (χ4n) is 3.78. The van der Waals surface area contributed by atoms with Crippen molar-refractivity contribution in [1.82, 2.24) is 5.32 Å². The van der Waals surface area contributed by atoms with Gasteiger partial charge in [-0.25, -0.2) is 8.78 Å². The van der Waals surface area contributed by atoms with Gasteiger partial charge in [-0.2, -0.15) is 13.2 Å². The normalized spacial score (nSPS) is 15.1. The van der Waals surface area contributed by atoms with Crippen LogP contribution < -0.4 is 10.6 Å². The first kappa shape index (κ1) is 24.2. The summed E-state index contributed by atoms with van der Waals surface area (Å²) in [6.07, 6.45) is -5.99. The van der Waals surface area contributed by atoms with Crippen LogP contribution in [0.2, 0.25) is 5.02 Å². The Kier molecular flexibility index (Phi) is 6.39. The molecule has 0 saturated carbocycles. The zero-order chi connectivity index (χ0) is 24.8. The first-order chi connectivity index (χ1) is 15.9. The van der Waals surface area contributed by atoms with Crippen molar-refractivity contribution in [2.45, 2.75) is 18.6 Å². The minimum Gasteiger partial charge on any atom is -0.341 e. The lowest BCUT2D eigenvalue weighted by Crippen LogP contribution is -2.21. The van der Waals surface area contributed by atoms with Crippen LogP contribution in [0.4, 0.5) is 27.6 Å². The molecule has 2 amide bonds. The van der Waals surface area contributed by atoms with E-state index in [0.29, 0.717) is 10.5 Å². The largest absolute Gasteiger partial charge is 0.393 e. The molecule has 0 spiro atoms. The van der Waals surface area contributed by atoms with Crippen LogP contribution in [-0.2, 0) is 6.42 Å². The van der Waals surface area contributed by atoms with E-state index in [-0.39, 0.29) is 33.0 Å². The van der Waals surface area contributed by atoms with E-state index >= 15 is 0 Å². The quantitative estimate of drug-likeness (QED) is 0.355. The standard InChI is InChI=1S/C23H13BrClF5N2O2/c24-12-6-16-19(20(32-22(16)34)15-8-13(26)1-2-17(15)25)18(7-12)31-21(33)11-3-10(4-14(27)5-11)9-23(28,29)30/h1-8,20H,9H2,(H,31,33)(H,32,34). The summed E-state index contributed by atoms with van der Waals surface area (Å²) in [4.78, 5) is 25.5. The lowest BCUT2D eigenvalue weighted by Gasteiger charge is -2.18. The zero-order valence-electron chi connectivity index (χ0n) is 16.9. The molecule has 0 bridgehead atoms. The molecule has 1 aliphatic heterocycles. The number of nitrogens with one attached hydrogen (secondary N) is 2. The third-order valence-electron chi connectivity index (χ3n) is 5.10. The summed E-state index contributed by atoms with van der Waals surface area (Å²) in [6, 6.07) is 8.11. The average molecular weight is 560 g/mol. The second-order valence-electron chi connectivity index (χ2n) is 7.58. The molecule has 3 aromatic carbocycles. The van der Waals surface area contributed by atoms with Crippen molar-refractivity contribution in [3.8, 4) is 0 Å². The Morgan fingerprint density at radius 3 is 2.50 bits per heavy atom. The molecule has 11 heteroatoms. The summed E-state index contributed by atoms with van der Waals surface area (Å²) in [7, 11) is 0. The van der Waals surface area contributed by atoms with Crippen LogP contribution >= 0.6 is 27.5 Å². The molecule has 1 atom stereocenters. The Bertz CT molecular complexity index is 1330. The molecule has 4 nitrogen and oxygen atoms in total. The van der Waals surface area contributed by atoms with Crippen molar-refractivity contribution in [1.29, 1.82) is 0 Å². The predicted octanol–water partition coefficient (Wildman–Crippen LogP) is 6.57. The number of halogens is 7. The van der Waals surface area contributed by atoms with Crippen LogP contribution in [0.5, 0.6) is 0 Å². The van der Waals surface area contributed by atoms with E-state index in [1.807, 2.05) is 0 Å². The Labute approximate surface area is 203 Å². The molecule has 1 aliphatic rings. The number of hydrogen-bond acceptors (Lipinski definition) is 2. The lowest BCUT2D eigenvalue weighted by molar-refractivity contribution is -0.127. The Morgan fingerprint density at radius 2 is 1.79 bits per heavy atom. The van der Waals surface area contributed by atoms with E-state index < -0.39 is 47.7 Å². The maximum Gasteiger partial charge on any atom is 0.393 e. The number of anilines is 1. The highest BCUT2D eigenvalue weighted by Crippen LogP contribution is 2.41. The molecule has 3 aromatic rings. The Hall–Kier alpha value is -2.98. The minimum atomic E-state index is -4.59. The Morgan fingerprint density at radius 1 is 1.06 bits per heavy atom. The lowest BCUT2D eigenvalue weighted by atomic mass is 9.96. The fourth-order valence-corrected chi connectivity index (χ4v) is 4.46. The molecule has 0 aliphatic carbocycles. The van der Waals surface area contributed by atoms with E-state index in [1.165, 1.54) is 18.2 Å². The molecule has 1 heterocycles. The van der Waals surface area contributed by atoms with Gasteiger partial charge >= 0.3 is 6.18 Å².